The fraction of sp³-hybridized carbons (Fsp3) is 0.419. The van der Waals surface area contributed by atoms with Crippen LogP contribution in [0.4, 0.5) is 42.2 Å². The zero-order valence-electron chi connectivity index (χ0n) is 25.1. The first-order valence-electron chi connectivity index (χ1n) is 13.9. The highest BCUT2D eigenvalue weighted by molar-refractivity contribution is 7.91. The Kier molecular flexibility index (Phi) is 9.06. The molecule has 4 rings (SSSR count). The van der Waals surface area contributed by atoms with Gasteiger partial charge in [-0.15, -0.1) is 0 Å². The SMILES string of the molecule is Cc1cc(F)ccc1-c1cc(N2CCCC(S(C)(=O)=O)C2)ncc1N(C)C(=O)C(C)(C)c1cc(C(F)(F)F)cc(C(F)(F)F)c1. The summed E-state index contributed by atoms with van der Waals surface area (Å²) in [5.74, 6) is -0.964. The Balaban J connectivity index is 1.82. The Bertz CT molecular complexity index is 1690. The summed E-state index contributed by atoms with van der Waals surface area (Å²) in [6.45, 7) is 4.76. The lowest BCUT2D eigenvalue weighted by atomic mass is 9.81. The van der Waals surface area contributed by atoms with E-state index in [1.165, 1.54) is 45.3 Å². The summed E-state index contributed by atoms with van der Waals surface area (Å²) in [7, 11) is -2.02. The topological polar surface area (TPSA) is 70.6 Å². The highest BCUT2D eigenvalue weighted by atomic mass is 32.2. The lowest BCUT2D eigenvalue weighted by molar-refractivity contribution is -0.143. The van der Waals surface area contributed by atoms with Gasteiger partial charge < -0.3 is 9.80 Å². The van der Waals surface area contributed by atoms with Crippen molar-refractivity contribution in [3.63, 3.8) is 0 Å². The molecule has 3 aromatic rings. The molecule has 244 valence electrons. The molecule has 0 spiro atoms. The summed E-state index contributed by atoms with van der Waals surface area (Å²) in [4.78, 5) is 21.3. The summed E-state index contributed by atoms with van der Waals surface area (Å²) >= 11 is 0. The van der Waals surface area contributed by atoms with Gasteiger partial charge in [0.15, 0.2) is 9.84 Å². The molecular weight excluding hydrogens is 627 g/mol. The zero-order chi connectivity index (χ0) is 33.7. The van der Waals surface area contributed by atoms with Crippen LogP contribution in [-0.2, 0) is 32.4 Å². The van der Waals surface area contributed by atoms with Gasteiger partial charge in [-0.1, -0.05) is 6.07 Å². The minimum absolute atomic E-state index is 0.000756. The summed E-state index contributed by atoms with van der Waals surface area (Å²) in [6, 6.07) is 6.63. The molecule has 0 N–H and O–H groups in total. The van der Waals surface area contributed by atoms with Crippen LogP contribution >= 0.6 is 0 Å². The number of likely N-dealkylation sites (N-methyl/N-ethyl adjacent to an activating group) is 1. The maximum Gasteiger partial charge on any atom is 0.416 e. The number of hydrogen-bond acceptors (Lipinski definition) is 5. The molecule has 1 atom stereocenters. The Morgan fingerprint density at radius 1 is 0.933 bits per heavy atom. The number of amides is 1. The average molecular weight is 660 g/mol. The standard InChI is InChI=1S/C31H32F7N3O3S/c1-18-11-22(32)8-9-24(18)25-15-27(41-10-6-7-23(17-41)45(5,43)44)39-16-26(25)40(4)28(42)29(2,3)19-12-20(30(33,34)35)14-21(13-19)31(36,37)38/h8-9,11-16,23H,6-7,10,17H2,1-5H3. The summed E-state index contributed by atoms with van der Waals surface area (Å²) in [5.41, 5.74) is -3.95. The van der Waals surface area contributed by atoms with Crippen LogP contribution in [0.1, 0.15) is 48.9 Å². The predicted octanol–water partition coefficient (Wildman–Crippen LogP) is 7.19. The van der Waals surface area contributed by atoms with Crippen molar-refractivity contribution in [2.45, 2.75) is 56.6 Å². The van der Waals surface area contributed by atoms with Gasteiger partial charge in [-0.2, -0.15) is 26.3 Å². The Hall–Kier alpha value is -3.68. The average Bonchev–Trinajstić information content (AvgIpc) is 2.94. The van der Waals surface area contributed by atoms with E-state index < -0.39 is 61.3 Å². The fourth-order valence-electron chi connectivity index (χ4n) is 5.49. The van der Waals surface area contributed by atoms with Crippen molar-refractivity contribution >= 4 is 27.2 Å². The van der Waals surface area contributed by atoms with Crippen LogP contribution in [0, 0.1) is 12.7 Å². The maximum atomic E-state index is 14.1. The van der Waals surface area contributed by atoms with E-state index in [4.69, 9.17) is 0 Å². The lowest BCUT2D eigenvalue weighted by Crippen LogP contribution is -2.43. The molecule has 1 saturated heterocycles. The number of hydrogen-bond donors (Lipinski definition) is 0. The number of benzene rings is 2. The zero-order valence-corrected chi connectivity index (χ0v) is 26.0. The number of alkyl halides is 6. The molecule has 14 heteroatoms. The number of anilines is 2. The summed E-state index contributed by atoms with van der Waals surface area (Å²) in [5, 5.41) is -0.622. The van der Waals surface area contributed by atoms with Crippen molar-refractivity contribution in [3.8, 4) is 11.1 Å². The molecule has 1 fully saturated rings. The van der Waals surface area contributed by atoms with Gasteiger partial charge in [0, 0.05) is 32.0 Å². The summed E-state index contributed by atoms with van der Waals surface area (Å²) in [6.07, 6.45) is -6.64. The predicted molar refractivity (Wildman–Crippen MR) is 157 cm³/mol. The number of halogens is 7. The summed E-state index contributed by atoms with van der Waals surface area (Å²) < 4.78 is 120. The lowest BCUT2D eigenvalue weighted by Gasteiger charge is -2.34. The van der Waals surface area contributed by atoms with Crippen LogP contribution in [0.25, 0.3) is 11.1 Å². The van der Waals surface area contributed by atoms with Crippen molar-refractivity contribution < 1.29 is 43.9 Å². The van der Waals surface area contributed by atoms with Gasteiger partial charge >= 0.3 is 12.4 Å². The molecule has 0 bridgehead atoms. The number of carbonyl (C=O) groups excluding carboxylic acids is 1. The number of aromatic nitrogens is 1. The highest BCUT2D eigenvalue weighted by Crippen LogP contribution is 2.41. The third-order valence-corrected chi connectivity index (χ3v) is 9.76. The molecule has 1 aliphatic rings. The van der Waals surface area contributed by atoms with Crippen molar-refractivity contribution in [1.82, 2.24) is 4.98 Å². The van der Waals surface area contributed by atoms with Gasteiger partial charge in [-0.25, -0.2) is 17.8 Å². The Morgan fingerprint density at radius 3 is 2.04 bits per heavy atom. The van der Waals surface area contributed by atoms with E-state index in [2.05, 4.69) is 4.98 Å². The minimum atomic E-state index is -5.10. The molecule has 1 aliphatic heterocycles. The fourth-order valence-corrected chi connectivity index (χ4v) is 6.53. The first kappa shape index (κ1) is 34.2. The van der Waals surface area contributed by atoms with Gasteiger partial charge in [0.2, 0.25) is 5.91 Å². The van der Waals surface area contributed by atoms with Gasteiger partial charge in [0.1, 0.15) is 11.6 Å². The molecule has 0 saturated carbocycles. The first-order chi connectivity index (χ1) is 20.6. The molecule has 2 aromatic carbocycles. The molecule has 1 aromatic heterocycles. The second kappa shape index (κ2) is 11.9. The van der Waals surface area contributed by atoms with Crippen LogP contribution in [0.5, 0.6) is 0 Å². The molecule has 0 aliphatic carbocycles. The monoisotopic (exact) mass is 659 g/mol. The van der Waals surface area contributed by atoms with Crippen molar-refractivity contribution in [3.05, 3.63) is 76.7 Å². The van der Waals surface area contributed by atoms with E-state index in [9.17, 15) is 43.9 Å². The van der Waals surface area contributed by atoms with Crippen LogP contribution in [-0.4, -0.2) is 51.0 Å². The van der Waals surface area contributed by atoms with E-state index >= 15 is 0 Å². The Morgan fingerprint density at radius 2 is 1.51 bits per heavy atom. The number of piperidine rings is 1. The first-order valence-corrected chi connectivity index (χ1v) is 15.8. The molecule has 1 amide bonds. The molecule has 6 nitrogen and oxygen atoms in total. The smallest absolute Gasteiger partial charge is 0.355 e. The van der Waals surface area contributed by atoms with Crippen LogP contribution in [0.2, 0.25) is 0 Å². The van der Waals surface area contributed by atoms with Crippen molar-refractivity contribution in [2.24, 2.45) is 0 Å². The Labute approximate surface area is 256 Å². The van der Waals surface area contributed by atoms with E-state index in [0.29, 0.717) is 54.0 Å². The van der Waals surface area contributed by atoms with Crippen LogP contribution in [0.15, 0.2) is 48.7 Å². The van der Waals surface area contributed by atoms with Gasteiger partial charge in [-0.05, 0) is 86.7 Å². The van der Waals surface area contributed by atoms with Crippen LogP contribution in [0.3, 0.4) is 0 Å². The number of aryl methyl sites for hydroxylation is 1. The molecule has 1 unspecified atom stereocenters. The number of rotatable bonds is 6. The van der Waals surface area contributed by atoms with Crippen LogP contribution < -0.4 is 9.80 Å². The largest absolute Gasteiger partial charge is 0.416 e. The molecule has 2 heterocycles. The van der Waals surface area contributed by atoms with Gasteiger partial charge in [-0.3, -0.25) is 4.79 Å². The van der Waals surface area contributed by atoms with E-state index in [1.54, 1.807) is 17.9 Å². The van der Waals surface area contributed by atoms with Gasteiger partial charge in [0.05, 0.1) is 33.7 Å². The number of carbonyl (C=O) groups is 1. The van der Waals surface area contributed by atoms with E-state index in [0.717, 1.165) is 11.2 Å². The minimum Gasteiger partial charge on any atom is -0.355 e. The second-order valence-electron chi connectivity index (χ2n) is 11.8. The molecular formula is C31H32F7N3O3S. The van der Waals surface area contributed by atoms with Gasteiger partial charge in [0.25, 0.3) is 0 Å². The maximum absolute atomic E-state index is 14.1. The quantitative estimate of drug-likeness (QED) is 0.262. The van der Waals surface area contributed by atoms with E-state index in [1.807, 2.05) is 0 Å². The molecule has 45 heavy (non-hydrogen) atoms. The van der Waals surface area contributed by atoms with Crippen molar-refractivity contribution in [1.29, 1.82) is 0 Å². The third kappa shape index (κ3) is 7.26. The van der Waals surface area contributed by atoms with Crippen molar-refractivity contribution in [2.75, 3.05) is 36.2 Å². The third-order valence-electron chi connectivity index (χ3n) is 8.16. The highest BCUT2D eigenvalue weighted by Gasteiger charge is 2.41. The number of pyridine rings is 1. The second-order valence-corrected chi connectivity index (χ2v) is 14.2. The molecule has 0 radical (unpaired) electrons. The number of nitrogens with zero attached hydrogens (tertiary/aromatic N) is 3. The van der Waals surface area contributed by atoms with E-state index in [-0.39, 0.29) is 18.3 Å². The normalized spacial score (nSPS) is 16.5. The number of sulfone groups is 1.